The molecule has 0 saturated heterocycles. The number of aryl methyl sites for hydroxylation is 2. The first kappa shape index (κ1) is 21.5. The molecule has 2 rings (SSSR count). The molecule has 0 aliphatic carbocycles. The Hall–Kier alpha value is -2.84. The van der Waals surface area contributed by atoms with Crippen LogP contribution in [0, 0.1) is 32.1 Å². The first-order valence-electron chi connectivity index (χ1n) is 9.80. The summed E-state index contributed by atoms with van der Waals surface area (Å²) in [5, 5.41) is 12.7. The second-order valence-corrected chi connectivity index (χ2v) is 6.93. The van der Waals surface area contributed by atoms with Gasteiger partial charge in [0.15, 0.2) is 0 Å². The lowest BCUT2D eigenvalue weighted by Crippen LogP contribution is -2.35. The number of H-pyrrole nitrogens is 1. The number of amides is 1. The summed E-state index contributed by atoms with van der Waals surface area (Å²) in [5.74, 6) is -0.0764. The van der Waals surface area contributed by atoms with Crippen molar-refractivity contribution in [2.75, 3.05) is 26.2 Å². The second kappa shape index (κ2) is 9.91. The average Bonchev–Trinajstić information content (AvgIpc) is 2.97. The van der Waals surface area contributed by atoms with E-state index in [0.717, 1.165) is 47.7 Å². The van der Waals surface area contributed by atoms with Crippen LogP contribution in [0.5, 0.6) is 0 Å². The van der Waals surface area contributed by atoms with Crippen LogP contribution in [0.15, 0.2) is 24.3 Å². The fraction of sp³-hybridized carbons (Fsp3) is 0.391. The number of likely N-dealkylation sites (N-methyl/N-ethyl adjacent to an activating group) is 1. The molecule has 0 unspecified atom stereocenters. The van der Waals surface area contributed by atoms with Crippen molar-refractivity contribution in [3.8, 4) is 6.07 Å². The van der Waals surface area contributed by atoms with E-state index in [1.807, 2.05) is 51.1 Å². The molecule has 5 nitrogen and oxygen atoms in total. The number of rotatable bonds is 8. The molecule has 28 heavy (non-hydrogen) atoms. The smallest absolute Gasteiger partial charge is 0.253 e. The first-order valence-corrected chi connectivity index (χ1v) is 9.80. The molecule has 1 aromatic heterocycles. The van der Waals surface area contributed by atoms with Crippen LogP contribution in [0.2, 0.25) is 0 Å². The number of aromatic nitrogens is 1. The second-order valence-electron chi connectivity index (χ2n) is 6.93. The minimum atomic E-state index is -0.0764. The molecule has 0 saturated carbocycles. The Labute approximate surface area is 168 Å². The van der Waals surface area contributed by atoms with Crippen molar-refractivity contribution in [3.63, 3.8) is 0 Å². The number of aromatic amines is 1. The van der Waals surface area contributed by atoms with Gasteiger partial charge in [-0.3, -0.25) is 4.79 Å². The standard InChI is InChI=1S/C23H30N4O/c1-6-27(7-2)13-12-25-23(28)22-17(4)21(26-18(22)5)14-19(15-24)20-11-9-8-10-16(20)3/h8-11,14,26H,6-7,12-13H2,1-5H3,(H,25,28)/b19-14+. The van der Waals surface area contributed by atoms with Gasteiger partial charge < -0.3 is 15.2 Å². The van der Waals surface area contributed by atoms with Crippen LogP contribution in [0.3, 0.4) is 0 Å². The van der Waals surface area contributed by atoms with E-state index >= 15 is 0 Å². The molecule has 0 atom stereocenters. The number of nitrogens with zero attached hydrogens (tertiary/aromatic N) is 2. The maximum Gasteiger partial charge on any atom is 0.253 e. The van der Waals surface area contributed by atoms with Crippen molar-refractivity contribution in [2.24, 2.45) is 0 Å². The predicted octanol–water partition coefficient (Wildman–Crippen LogP) is 4.08. The quantitative estimate of drug-likeness (QED) is 0.680. The Morgan fingerprint density at radius 2 is 1.89 bits per heavy atom. The molecule has 1 amide bonds. The van der Waals surface area contributed by atoms with Gasteiger partial charge in [0.2, 0.25) is 0 Å². The number of carbonyl (C=O) groups excluding carboxylic acids is 1. The molecule has 1 aromatic carbocycles. The first-order chi connectivity index (χ1) is 13.4. The summed E-state index contributed by atoms with van der Waals surface area (Å²) in [5.41, 5.74) is 5.66. The molecule has 2 aromatic rings. The van der Waals surface area contributed by atoms with Crippen LogP contribution < -0.4 is 5.32 Å². The third kappa shape index (κ3) is 4.90. The Balaban J connectivity index is 2.24. The zero-order valence-corrected chi connectivity index (χ0v) is 17.5. The molecule has 0 fully saturated rings. The van der Waals surface area contributed by atoms with Crippen molar-refractivity contribution in [3.05, 3.63) is 57.9 Å². The van der Waals surface area contributed by atoms with E-state index in [4.69, 9.17) is 0 Å². The molecule has 0 aliphatic heterocycles. The highest BCUT2D eigenvalue weighted by atomic mass is 16.1. The van der Waals surface area contributed by atoms with Crippen molar-refractivity contribution in [2.45, 2.75) is 34.6 Å². The number of allylic oxidation sites excluding steroid dienone is 1. The van der Waals surface area contributed by atoms with E-state index in [-0.39, 0.29) is 5.91 Å². The van der Waals surface area contributed by atoms with Gasteiger partial charge in [-0.1, -0.05) is 38.1 Å². The van der Waals surface area contributed by atoms with E-state index in [2.05, 4.69) is 35.1 Å². The van der Waals surface area contributed by atoms with E-state index in [0.29, 0.717) is 17.7 Å². The molecular formula is C23H30N4O. The lowest BCUT2D eigenvalue weighted by molar-refractivity contribution is 0.0948. The minimum Gasteiger partial charge on any atom is -0.358 e. The molecule has 0 radical (unpaired) electrons. The van der Waals surface area contributed by atoms with Gasteiger partial charge in [0.25, 0.3) is 5.91 Å². The van der Waals surface area contributed by atoms with Crippen molar-refractivity contribution >= 4 is 17.6 Å². The lowest BCUT2D eigenvalue weighted by Gasteiger charge is -2.18. The van der Waals surface area contributed by atoms with Gasteiger partial charge in [-0.05, 0) is 56.6 Å². The Morgan fingerprint density at radius 1 is 1.21 bits per heavy atom. The van der Waals surface area contributed by atoms with E-state index < -0.39 is 0 Å². The van der Waals surface area contributed by atoms with Gasteiger partial charge in [-0.15, -0.1) is 0 Å². The van der Waals surface area contributed by atoms with Gasteiger partial charge in [0.1, 0.15) is 0 Å². The summed E-state index contributed by atoms with van der Waals surface area (Å²) < 4.78 is 0. The summed E-state index contributed by atoms with van der Waals surface area (Å²) in [4.78, 5) is 18.2. The fourth-order valence-corrected chi connectivity index (χ4v) is 3.40. The Bertz CT molecular complexity index is 898. The summed E-state index contributed by atoms with van der Waals surface area (Å²) in [6.07, 6.45) is 1.83. The number of benzene rings is 1. The maximum atomic E-state index is 12.7. The largest absolute Gasteiger partial charge is 0.358 e. The average molecular weight is 379 g/mol. The fourth-order valence-electron chi connectivity index (χ4n) is 3.40. The maximum absolute atomic E-state index is 12.7. The highest BCUT2D eigenvalue weighted by molar-refractivity contribution is 5.99. The number of hydrogen-bond acceptors (Lipinski definition) is 3. The number of hydrogen-bond donors (Lipinski definition) is 2. The highest BCUT2D eigenvalue weighted by Gasteiger charge is 2.18. The van der Waals surface area contributed by atoms with Gasteiger partial charge >= 0.3 is 0 Å². The van der Waals surface area contributed by atoms with Crippen LogP contribution in [-0.4, -0.2) is 42.0 Å². The minimum absolute atomic E-state index is 0.0764. The third-order valence-electron chi connectivity index (χ3n) is 5.16. The summed E-state index contributed by atoms with van der Waals surface area (Å²) >= 11 is 0. The molecule has 0 bridgehead atoms. The van der Waals surface area contributed by atoms with Crippen LogP contribution in [0.4, 0.5) is 0 Å². The zero-order chi connectivity index (χ0) is 20.7. The normalized spacial score (nSPS) is 11.5. The van der Waals surface area contributed by atoms with Crippen molar-refractivity contribution in [1.82, 2.24) is 15.2 Å². The van der Waals surface area contributed by atoms with Gasteiger partial charge in [0, 0.05) is 24.5 Å². The van der Waals surface area contributed by atoms with Crippen molar-refractivity contribution < 1.29 is 4.79 Å². The highest BCUT2D eigenvalue weighted by Crippen LogP contribution is 2.25. The van der Waals surface area contributed by atoms with Crippen molar-refractivity contribution in [1.29, 1.82) is 5.26 Å². The predicted molar refractivity (Wildman–Crippen MR) is 115 cm³/mol. The zero-order valence-electron chi connectivity index (χ0n) is 17.5. The van der Waals surface area contributed by atoms with Gasteiger partial charge in [-0.25, -0.2) is 0 Å². The van der Waals surface area contributed by atoms with E-state index in [1.165, 1.54) is 0 Å². The molecule has 2 N–H and O–H groups in total. The van der Waals surface area contributed by atoms with Crippen LogP contribution in [0.1, 0.15) is 52.3 Å². The molecule has 1 heterocycles. The molecule has 0 aliphatic rings. The van der Waals surface area contributed by atoms with Crippen LogP contribution >= 0.6 is 0 Å². The Morgan fingerprint density at radius 3 is 2.50 bits per heavy atom. The molecule has 5 heteroatoms. The van der Waals surface area contributed by atoms with E-state index in [9.17, 15) is 10.1 Å². The monoisotopic (exact) mass is 378 g/mol. The van der Waals surface area contributed by atoms with Gasteiger partial charge in [0.05, 0.1) is 17.2 Å². The van der Waals surface area contributed by atoms with Gasteiger partial charge in [-0.2, -0.15) is 5.26 Å². The molecule has 0 spiro atoms. The van der Waals surface area contributed by atoms with E-state index in [1.54, 1.807) is 0 Å². The van der Waals surface area contributed by atoms with Crippen LogP contribution in [0.25, 0.3) is 11.6 Å². The summed E-state index contributed by atoms with van der Waals surface area (Å²) in [7, 11) is 0. The number of nitrogens with one attached hydrogen (secondary N) is 2. The SMILES string of the molecule is CCN(CC)CCNC(=O)c1c(C)[nH]c(/C=C(\C#N)c2ccccc2C)c1C. The lowest BCUT2D eigenvalue weighted by atomic mass is 9.99. The third-order valence-corrected chi connectivity index (χ3v) is 5.16. The summed E-state index contributed by atoms with van der Waals surface area (Å²) in [6.45, 7) is 13.4. The summed E-state index contributed by atoms with van der Waals surface area (Å²) in [6, 6.07) is 10.1. The molecular weight excluding hydrogens is 348 g/mol. The Kier molecular flexibility index (Phi) is 7.60. The van der Waals surface area contributed by atoms with Crippen LogP contribution in [-0.2, 0) is 0 Å². The number of nitriles is 1. The number of carbonyl (C=O) groups is 1. The molecule has 148 valence electrons. The topological polar surface area (TPSA) is 71.9 Å².